The van der Waals surface area contributed by atoms with Crippen LogP contribution < -0.4 is 10.1 Å². The van der Waals surface area contributed by atoms with Crippen molar-refractivity contribution in [3.05, 3.63) is 54.1 Å². The van der Waals surface area contributed by atoms with Crippen molar-refractivity contribution in [3.8, 4) is 5.75 Å². The summed E-state index contributed by atoms with van der Waals surface area (Å²) in [7, 11) is 3.02. The molecule has 0 radical (unpaired) electrons. The number of esters is 1. The van der Waals surface area contributed by atoms with Gasteiger partial charge in [-0.25, -0.2) is 4.68 Å². The molecule has 0 unspecified atom stereocenters. The molecule has 0 aliphatic rings. The number of hydrogen-bond donors (Lipinski definition) is 1. The lowest BCUT2D eigenvalue weighted by atomic mass is 10.0. The Morgan fingerprint density at radius 3 is 2.66 bits per heavy atom. The van der Waals surface area contributed by atoms with E-state index in [-0.39, 0.29) is 26.3 Å². The second-order valence-electron chi connectivity index (χ2n) is 7.53. The molecule has 0 saturated heterocycles. The maximum Gasteiger partial charge on any atom is 0.325 e. The Hall–Kier alpha value is -3.99. The molecule has 2 amide bonds. The molecule has 1 aromatic heterocycles. The standard InChI is InChI=1S/C24H29N5O6/c1-4-35-22(31)16-28(21(30)15-29-20-11-6-5-10-19(20)26-27-29)23(24(32)25-12-13-33-2)17-8-7-9-18(14-17)34-3/h5-11,14,23H,4,12-13,15-16H2,1-3H3,(H,25,32)/t23-/m1/s1. The number of benzene rings is 2. The van der Waals surface area contributed by atoms with Crippen LogP contribution in [0, 0.1) is 0 Å². The van der Waals surface area contributed by atoms with E-state index in [2.05, 4.69) is 15.6 Å². The van der Waals surface area contributed by atoms with Crippen LogP contribution in [0.2, 0.25) is 0 Å². The van der Waals surface area contributed by atoms with Crippen molar-refractivity contribution >= 4 is 28.8 Å². The molecule has 0 fully saturated rings. The van der Waals surface area contributed by atoms with Gasteiger partial charge < -0.3 is 24.4 Å². The predicted octanol–water partition coefficient (Wildman–Crippen LogP) is 1.34. The summed E-state index contributed by atoms with van der Waals surface area (Å²) < 4.78 is 16.9. The molecule has 0 aliphatic carbocycles. The van der Waals surface area contributed by atoms with Crippen molar-refractivity contribution in [3.63, 3.8) is 0 Å². The third-order valence-electron chi connectivity index (χ3n) is 5.21. The highest BCUT2D eigenvalue weighted by molar-refractivity contribution is 5.91. The molecule has 2 aromatic carbocycles. The van der Waals surface area contributed by atoms with E-state index >= 15 is 0 Å². The Morgan fingerprint density at radius 2 is 1.91 bits per heavy atom. The Kier molecular flexibility index (Phi) is 9.13. The first-order valence-electron chi connectivity index (χ1n) is 11.1. The smallest absolute Gasteiger partial charge is 0.325 e. The van der Waals surface area contributed by atoms with Gasteiger partial charge >= 0.3 is 5.97 Å². The molecular formula is C24H29N5O6. The largest absolute Gasteiger partial charge is 0.497 e. The fourth-order valence-electron chi connectivity index (χ4n) is 3.58. The van der Waals surface area contributed by atoms with Crippen LogP contribution in [0.15, 0.2) is 48.5 Å². The molecular weight excluding hydrogens is 454 g/mol. The summed E-state index contributed by atoms with van der Waals surface area (Å²) in [6.07, 6.45) is 0. The average molecular weight is 484 g/mol. The van der Waals surface area contributed by atoms with Crippen LogP contribution in [0.3, 0.4) is 0 Å². The number of para-hydroxylation sites is 1. The molecule has 0 aliphatic heterocycles. The highest BCUT2D eigenvalue weighted by Crippen LogP contribution is 2.26. The quantitative estimate of drug-likeness (QED) is 0.302. The Balaban J connectivity index is 1.99. The van der Waals surface area contributed by atoms with E-state index in [0.29, 0.717) is 22.3 Å². The van der Waals surface area contributed by atoms with Gasteiger partial charge in [-0.15, -0.1) is 5.10 Å². The number of carbonyl (C=O) groups excluding carboxylic acids is 3. The monoisotopic (exact) mass is 483 g/mol. The lowest BCUT2D eigenvalue weighted by molar-refractivity contribution is -0.152. The van der Waals surface area contributed by atoms with Crippen LogP contribution in [-0.4, -0.2) is 78.2 Å². The minimum atomic E-state index is -1.13. The molecule has 11 nitrogen and oxygen atoms in total. The molecule has 3 aromatic rings. The summed E-state index contributed by atoms with van der Waals surface area (Å²) >= 11 is 0. The Labute approximate surface area is 202 Å². The van der Waals surface area contributed by atoms with Crippen molar-refractivity contribution in [2.75, 3.05) is 40.5 Å². The van der Waals surface area contributed by atoms with Gasteiger partial charge in [-0.2, -0.15) is 0 Å². The second kappa shape index (κ2) is 12.5. The number of hydrogen-bond acceptors (Lipinski definition) is 8. The summed E-state index contributed by atoms with van der Waals surface area (Å²) in [6.45, 7) is 1.66. The van der Waals surface area contributed by atoms with Gasteiger partial charge in [-0.1, -0.05) is 29.5 Å². The number of aromatic nitrogens is 3. The normalized spacial score (nSPS) is 11.6. The van der Waals surface area contributed by atoms with E-state index < -0.39 is 30.4 Å². The number of fused-ring (bicyclic) bond motifs is 1. The number of carbonyl (C=O) groups is 3. The summed E-state index contributed by atoms with van der Waals surface area (Å²) in [4.78, 5) is 40.6. The van der Waals surface area contributed by atoms with Gasteiger partial charge in [0.15, 0.2) is 0 Å². The summed E-state index contributed by atoms with van der Waals surface area (Å²) in [5.41, 5.74) is 1.75. The van der Waals surface area contributed by atoms with Crippen molar-refractivity contribution in [1.82, 2.24) is 25.2 Å². The van der Waals surface area contributed by atoms with Crippen molar-refractivity contribution in [2.45, 2.75) is 19.5 Å². The Morgan fingerprint density at radius 1 is 1.11 bits per heavy atom. The third kappa shape index (κ3) is 6.54. The second-order valence-corrected chi connectivity index (χ2v) is 7.53. The van der Waals surface area contributed by atoms with Gasteiger partial charge in [0.1, 0.15) is 30.4 Å². The number of nitrogens with zero attached hydrogens (tertiary/aromatic N) is 4. The molecule has 35 heavy (non-hydrogen) atoms. The number of nitrogens with one attached hydrogen (secondary N) is 1. The van der Waals surface area contributed by atoms with Gasteiger partial charge in [-0.3, -0.25) is 14.4 Å². The Bertz CT molecular complexity index is 1160. The first-order chi connectivity index (χ1) is 17.0. The highest BCUT2D eigenvalue weighted by Gasteiger charge is 2.34. The topological polar surface area (TPSA) is 125 Å². The van der Waals surface area contributed by atoms with Crippen LogP contribution in [0.1, 0.15) is 18.5 Å². The minimum absolute atomic E-state index is 0.137. The zero-order chi connectivity index (χ0) is 25.2. The van der Waals surface area contributed by atoms with Crippen LogP contribution in [0.25, 0.3) is 11.0 Å². The molecule has 1 heterocycles. The molecule has 11 heteroatoms. The van der Waals surface area contributed by atoms with Gasteiger partial charge in [0, 0.05) is 13.7 Å². The first kappa shape index (κ1) is 25.6. The predicted molar refractivity (Wildman–Crippen MR) is 126 cm³/mol. The maximum absolute atomic E-state index is 13.6. The number of amides is 2. The molecule has 0 spiro atoms. The zero-order valence-electron chi connectivity index (χ0n) is 20.0. The molecule has 1 atom stereocenters. The molecule has 0 bridgehead atoms. The van der Waals surface area contributed by atoms with E-state index in [1.165, 1.54) is 23.8 Å². The van der Waals surface area contributed by atoms with E-state index in [9.17, 15) is 14.4 Å². The molecule has 186 valence electrons. The molecule has 0 saturated carbocycles. The van der Waals surface area contributed by atoms with Crippen LogP contribution in [-0.2, 0) is 30.4 Å². The first-order valence-corrected chi connectivity index (χ1v) is 11.1. The summed E-state index contributed by atoms with van der Waals surface area (Å²) in [6, 6.07) is 12.8. The van der Waals surface area contributed by atoms with E-state index in [1.807, 2.05) is 12.1 Å². The van der Waals surface area contributed by atoms with Crippen LogP contribution in [0.5, 0.6) is 5.75 Å². The van der Waals surface area contributed by atoms with Gasteiger partial charge in [-0.05, 0) is 36.8 Å². The van der Waals surface area contributed by atoms with Gasteiger partial charge in [0.25, 0.3) is 0 Å². The van der Waals surface area contributed by atoms with E-state index in [4.69, 9.17) is 14.2 Å². The van der Waals surface area contributed by atoms with Crippen molar-refractivity contribution < 1.29 is 28.6 Å². The van der Waals surface area contributed by atoms with E-state index in [1.54, 1.807) is 43.3 Å². The van der Waals surface area contributed by atoms with Gasteiger partial charge in [0.05, 0.1) is 25.8 Å². The molecule has 3 rings (SSSR count). The van der Waals surface area contributed by atoms with E-state index in [0.717, 1.165) is 0 Å². The number of ether oxygens (including phenoxy) is 3. The van der Waals surface area contributed by atoms with Crippen molar-refractivity contribution in [2.24, 2.45) is 0 Å². The minimum Gasteiger partial charge on any atom is -0.497 e. The number of methoxy groups -OCH3 is 2. The lowest BCUT2D eigenvalue weighted by Crippen LogP contribution is -2.47. The molecule has 1 N–H and O–H groups in total. The highest BCUT2D eigenvalue weighted by atomic mass is 16.5. The summed E-state index contributed by atoms with van der Waals surface area (Å²) in [5.74, 6) is -1.12. The van der Waals surface area contributed by atoms with Gasteiger partial charge in [0.2, 0.25) is 11.8 Å². The number of rotatable bonds is 12. The lowest BCUT2D eigenvalue weighted by Gasteiger charge is -2.30. The summed E-state index contributed by atoms with van der Waals surface area (Å²) in [5, 5.41) is 10.9. The fourth-order valence-corrected chi connectivity index (χ4v) is 3.58. The van der Waals surface area contributed by atoms with Crippen LogP contribution in [0.4, 0.5) is 0 Å². The third-order valence-corrected chi connectivity index (χ3v) is 5.21. The fraction of sp³-hybridized carbons (Fsp3) is 0.375. The SMILES string of the molecule is CCOC(=O)CN(C(=O)Cn1nnc2ccccc21)[C@@H](C(=O)NCCOC)c1cccc(OC)c1. The van der Waals surface area contributed by atoms with Crippen LogP contribution >= 0.6 is 0 Å². The van der Waals surface area contributed by atoms with Crippen molar-refractivity contribution in [1.29, 1.82) is 0 Å². The maximum atomic E-state index is 13.6. The zero-order valence-corrected chi connectivity index (χ0v) is 20.0. The average Bonchev–Trinajstić information content (AvgIpc) is 3.27.